The first-order chi connectivity index (χ1) is 18.5. The Morgan fingerprint density at radius 3 is 2.13 bits per heavy atom. The normalized spacial score (nSPS) is 37.4. The van der Waals surface area contributed by atoms with Crippen LogP contribution in [0, 0.1) is 29.6 Å². The number of likely N-dealkylation sites (tertiary alicyclic amines) is 1. The largest absolute Gasteiger partial charge is 0.492 e. The van der Waals surface area contributed by atoms with E-state index < -0.39 is 5.79 Å². The molecule has 5 aliphatic carbocycles. The Balaban J connectivity index is 0.921. The van der Waals surface area contributed by atoms with E-state index in [0.717, 1.165) is 75.7 Å². The van der Waals surface area contributed by atoms with Gasteiger partial charge in [0.1, 0.15) is 12.4 Å². The van der Waals surface area contributed by atoms with E-state index in [-0.39, 0.29) is 17.9 Å². The number of piperidine rings is 1. The average Bonchev–Trinajstić information content (AvgIpc) is 2.94. The van der Waals surface area contributed by atoms with Crippen molar-refractivity contribution in [3.63, 3.8) is 0 Å². The summed E-state index contributed by atoms with van der Waals surface area (Å²) in [6, 6.07) is 8.67. The molecule has 6 aliphatic rings. The Kier molecular flexibility index (Phi) is 7.99. The highest BCUT2D eigenvalue weighted by atomic mass is 17.2. The molecule has 0 unspecified atom stereocenters. The number of hydrogen-bond donors (Lipinski definition) is 1. The maximum Gasteiger partial charge on any atom is 0.220 e. The van der Waals surface area contributed by atoms with Gasteiger partial charge in [0, 0.05) is 31.4 Å². The van der Waals surface area contributed by atoms with Gasteiger partial charge in [0.25, 0.3) is 0 Å². The van der Waals surface area contributed by atoms with Crippen LogP contribution in [-0.4, -0.2) is 56.0 Å². The van der Waals surface area contributed by atoms with Crippen LogP contribution in [0.25, 0.3) is 0 Å². The fourth-order valence-electron chi connectivity index (χ4n) is 8.55. The minimum Gasteiger partial charge on any atom is -0.492 e. The zero-order chi connectivity index (χ0) is 26.1. The van der Waals surface area contributed by atoms with Gasteiger partial charge in [0.2, 0.25) is 11.7 Å². The highest BCUT2D eigenvalue weighted by Crippen LogP contribution is 2.60. The van der Waals surface area contributed by atoms with Crippen LogP contribution in [0.15, 0.2) is 24.3 Å². The SMILES string of the molecule is COC1(OO[C@H]2CC[C@@H](c3ccc(OCCN4CCC(C(N)=O)CC4)cc3)CC2)C2CC3CC(C2)CC1C3. The molecule has 7 heteroatoms. The third-order valence-electron chi connectivity index (χ3n) is 10.6. The van der Waals surface area contributed by atoms with Gasteiger partial charge in [-0.3, -0.25) is 9.69 Å². The Bertz CT molecular complexity index is 908. The van der Waals surface area contributed by atoms with Crippen LogP contribution < -0.4 is 10.5 Å². The van der Waals surface area contributed by atoms with Gasteiger partial charge in [-0.2, -0.15) is 0 Å². The minimum absolute atomic E-state index is 0.0397. The fourth-order valence-corrected chi connectivity index (χ4v) is 8.55. The highest BCUT2D eigenvalue weighted by Gasteiger charge is 2.60. The summed E-state index contributed by atoms with van der Waals surface area (Å²) in [4.78, 5) is 26.1. The molecule has 1 aliphatic heterocycles. The minimum atomic E-state index is -0.514. The molecule has 0 aromatic heterocycles. The first-order valence-electron chi connectivity index (χ1n) is 15.2. The van der Waals surface area contributed by atoms with Crippen molar-refractivity contribution < 1.29 is 24.0 Å². The molecule has 1 aromatic rings. The molecule has 0 atom stereocenters. The second kappa shape index (κ2) is 11.4. The summed E-state index contributed by atoms with van der Waals surface area (Å²) in [5.74, 6) is 3.60. The van der Waals surface area contributed by atoms with Crippen LogP contribution in [0.5, 0.6) is 5.75 Å². The van der Waals surface area contributed by atoms with Crippen LogP contribution in [0.4, 0.5) is 0 Å². The Hall–Kier alpha value is -1.67. The molecular formula is C31H46N2O5. The summed E-state index contributed by atoms with van der Waals surface area (Å²) in [6.45, 7) is 3.38. The van der Waals surface area contributed by atoms with Gasteiger partial charge in [-0.1, -0.05) is 12.1 Å². The summed E-state index contributed by atoms with van der Waals surface area (Å²) < 4.78 is 12.1. The van der Waals surface area contributed by atoms with E-state index in [2.05, 4.69) is 29.2 Å². The molecule has 1 aromatic carbocycles. The quantitative estimate of drug-likeness (QED) is 0.261. The number of ether oxygens (including phenoxy) is 2. The van der Waals surface area contributed by atoms with E-state index >= 15 is 0 Å². The van der Waals surface area contributed by atoms with Crippen LogP contribution in [0.2, 0.25) is 0 Å². The third-order valence-corrected chi connectivity index (χ3v) is 10.6. The number of carbonyl (C=O) groups excluding carboxylic acids is 1. The van der Waals surface area contributed by atoms with Gasteiger partial charge >= 0.3 is 0 Å². The fraction of sp³-hybridized carbons (Fsp3) is 0.774. The van der Waals surface area contributed by atoms with Crippen molar-refractivity contribution in [3.8, 4) is 5.75 Å². The molecule has 6 fully saturated rings. The van der Waals surface area contributed by atoms with E-state index in [1.165, 1.54) is 37.7 Å². The summed E-state index contributed by atoms with van der Waals surface area (Å²) >= 11 is 0. The average molecular weight is 527 g/mol. The van der Waals surface area contributed by atoms with Crippen molar-refractivity contribution in [3.05, 3.63) is 29.8 Å². The number of benzene rings is 1. The predicted molar refractivity (Wildman–Crippen MR) is 144 cm³/mol. The predicted octanol–water partition coefficient (Wildman–Crippen LogP) is 5.04. The van der Waals surface area contributed by atoms with Crippen molar-refractivity contribution in [2.45, 2.75) is 88.4 Å². The summed E-state index contributed by atoms with van der Waals surface area (Å²) in [7, 11) is 1.82. The van der Waals surface area contributed by atoms with Gasteiger partial charge in [-0.05, 0) is 119 Å². The molecule has 0 spiro atoms. The molecule has 38 heavy (non-hydrogen) atoms. The number of carbonyl (C=O) groups is 1. The lowest BCUT2D eigenvalue weighted by atomic mass is 9.53. The Morgan fingerprint density at radius 2 is 1.55 bits per heavy atom. The topological polar surface area (TPSA) is 83.2 Å². The monoisotopic (exact) mass is 526 g/mol. The number of nitrogens with zero attached hydrogens (tertiary/aromatic N) is 1. The summed E-state index contributed by atoms with van der Waals surface area (Å²) in [5, 5.41) is 0. The highest BCUT2D eigenvalue weighted by molar-refractivity contribution is 5.76. The van der Waals surface area contributed by atoms with Crippen molar-refractivity contribution in [1.29, 1.82) is 0 Å². The van der Waals surface area contributed by atoms with Gasteiger partial charge in [0.05, 0.1) is 6.10 Å². The van der Waals surface area contributed by atoms with E-state index in [4.69, 9.17) is 25.0 Å². The van der Waals surface area contributed by atoms with E-state index in [1.807, 2.05) is 7.11 Å². The lowest BCUT2D eigenvalue weighted by Gasteiger charge is -2.58. The molecule has 1 saturated heterocycles. The molecule has 4 bridgehead atoms. The van der Waals surface area contributed by atoms with Gasteiger partial charge < -0.3 is 15.2 Å². The zero-order valence-electron chi connectivity index (χ0n) is 23.0. The number of hydrogen-bond acceptors (Lipinski definition) is 6. The second-order valence-corrected chi connectivity index (χ2v) is 12.8. The molecule has 5 saturated carbocycles. The van der Waals surface area contributed by atoms with E-state index in [0.29, 0.717) is 24.4 Å². The molecule has 0 radical (unpaired) electrons. The molecule has 1 heterocycles. The number of rotatable bonds is 10. The molecule has 7 nitrogen and oxygen atoms in total. The maximum absolute atomic E-state index is 11.3. The smallest absolute Gasteiger partial charge is 0.220 e. The van der Waals surface area contributed by atoms with Crippen molar-refractivity contribution >= 4 is 5.91 Å². The van der Waals surface area contributed by atoms with Gasteiger partial charge in [-0.25, -0.2) is 9.78 Å². The number of nitrogens with two attached hydrogens (primary N) is 1. The lowest BCUT2D eigenvalue weighted by molar-refractivity contribution is -0.485. The third kappa shape index (κ3) is 5.49. The summed E-state index contributed by atoms with van der Waals surface area (Å²) in [5.41, 5.74) is 6.82. The molecule has 2 N–H and O–H groups in total. The zero-order valence-corrected chi connectivity index (χ0v) is 23.0. The van der Waals surface area contributed by atoms with Crippen molar-refractivity contribution in [2.24, 2.45) is 35.3 Å². The van der Waals surface area contributed by atoms with E-state index in [1.54, 1.807) is 0 Å². The Labute approximate surface area is 227 Å². The number of amides is 1. The van der Waals surface area contributed by atoms with Crippen molar-refractivity contribution in [2.75, 3.05) is 33.4 Å². The standard InChI is InChI=1S/C31H46N2O5/c1-35-31(26-17-21-16-22(19-26)20-27(31)18-21)38-37-29-8-4-24(5-9-29)23-2-6-28(7-3-23)36-15-14-33-12-10-25(11-13-33)30(32)34/h2-3,6-7,21-22,24-27,29H,4-5,8-20H2,1H3,(H2,32,34)/t21?,22?,24-,26?,27?,29+,31?. The molecular weight excluding hydrogens is 480 g/mol. The number of primary amides is 1. The molecule has 7 rings (SSSR count). The molecule has 1 amide bonds. The molecule has 210 valence electrons. The number of methoxy groups -OCH3 is 1. The Morgan fingerprint density at radius 1 is 0.921 bits per heavy atom. The second-order valence-electron chi connectivity index (χ2n) is 12.8. The van der Waals surface area contributed by atoms with E-state index in [9.17, 15) is 4.79 Å². The summed E-state index contributed by atoms with van der Waals surface area (Å²) in [6.07, 6.45) is 12.5. The van der Waals surface area contributed by atoms with Crippen LogP contribution in [0.3, 0.4) is 0 Å². The van der Waals surface area contributed by atoms with Crippen LogP contribution in [0.1, 0.15) is 82.1 Å². The van der Waals surface area contributed by atoms with Crippen LogP contribution in [-0.2, 0) is 19.3 Å². The lowest BCUT2D eigenvalue weighted by Crippen LogP contribution is -2.60. The van der Waals surface area contributed by atoms with Gasteiger partial charge in [-0.15, -0.1) is 0 Å². The first-order valence-corrected chi connectivity index (χ1v) is 15.2. The van der Waals surface area contributed by atoms with Crippen LogP contribution >= 0.6 is 0 Å². The first kappa shape index (κ1) is 26.5. The van der Waals surface area contributed by atoms with Gasteiger partial charge in [0.15, 0.2) is 0 Å². The van der Waals surface area contributed by atoms with Crippen molar-refractivity contribution in [1.82, 2.24) is 4.90 Å². The maximum atomic E-state index is 11.3.